The van der Waals surface area contributed by atoms with Crippen molar-refractivity contribution in [1.29, 1.82) is 0 Å². The Kier molecular flexibility index (Phi) is 7.46. The molecular weight excluding hydrogens is 372 g/mol. The molecule has 0 N–H and O–H groups in total. The smallest absolute Gasteiger partial charge is 0.0367 e. The summed E-state index contributed by atoms with van der Waals surface area (Å²) in [5.74, 6) is 2.95. The summed E-state index contributed by atoms with van der Waals surface area (Å²) >= 11 is 3.55. The van der Waals surface area contributed by atoms with Gasteiger partial charge in [0.2, 0.25) is 0 Å². The highest BCUT2D eigenvalue weighted by molar-refractivity contribution is 9.10. The fourth-order valence-corrected chi connectivity index (χ4v) is 9.04. The quantitative estimate of drug-likeness (QED) is 0.427. The SMILES string of the molecule is CCC[Si@H]1CC[C@H](CCC2CCC(c3ccc(Br)cc3)CC2)CC1. The number of halogens is 1. The molecule has 1 aliphatic carbocycles. The Morgan fingerprint density at radius 1 is 0.875 bits per heavy atom. The van der Waals surface area contributed by atoms with Crippen LogP contribution in [0.5, 0.6) is 0 Å². The highest BCUT2D eigenvalue weighted by Crippen LogP contribution is 2.39. The zero-order valence-corrected chi connectivity index (χ0v) is 18.2. The van der Waals surface area contributed by atoms with Gasteiger partial charge in [-0.2, -0.15) is 0 Å². The van der Waals surface area contributed by atoms with Crippen molar-refractivity contribution in [2.24, 2.45) is 11.8 Å². The lowest BCUT2D eigenvalue weighted by Crippen LogP contribution is -2.22. The van der Waals surface area contributed by atoms with Gasteiger partial charge in [-0.3, -0.25) is 0 Å². The second kappa shape index (κ2) is 9.57. The molecule has 0 radical (unpaired) electrons. The van der Waals surface area contributed by atoms with Crippen molar-refractivity contribution in [2.45, 2.75) is 88.8 Å². The Morgan fingerprint density at radius 2 is 1.46 bits per heavy atom. The van der Waals surface area contributed by atoms with Gasteiger partial charge in [0.1, 0.15) is 0 Å². The number of benzene rings is 1. The van der Waals surface area contributed by atoms with Crippen molar-refractivity contribution in [3.8, 4) is 0 Å². The third-order valence-corrected chi connectivity index (χ3v) is 11.1. The predicted molar refractivity (Wildman–Crippen MR) is 113 cm³/mol. The van der Waals surface area contributed by atoms with Gasteiger partial charge in [-0.05, 0) is 61.1 Å². The lowest BCUT2D eigenvalue weighted by atomic mass is 9.76. The molecule has 1 saturated carbocycles. The largest absolute Gasteiger partial charge is 0.0657 e. The fourth-order valence-electron chi connectivity index (χ4n) is 5.21. The molecular formula is C22H35BrSi. The fraction of sp³-hybridized carbons (Fsp3) is 0.727. The first-order valence-corrected chi connectivity index (χ1v) is 13.7. The molecule has 2 fully saturated rings. The summed E-state index contributed by atoms with van der Waals surface area (Å²) in [4.78, 5) is 0. The van der Waals surface area contributed by atoms with Crippen molar-refractivity contribution < 1.29 is 0 Å². The van der Waals surface area contributed by atoms with Crippen LogP contribution in [0.1, 0.15) is 76.2 Å². The van der Waals surface area contributed by atoms with Crippen molar-refractivity contribution in [3.05, 3.63) is 34.3 Å². The van der Waals surface area contributed by atoms with E-state index in [-0.39, 0.29) is 8.80 Å². The Morgan fingerprint density at radius 3 is 2.04 bits per heavy atom. The summed E-state index contributed by atoms with van der Waals surface area (Å²) in [6.45, 7) is 2.38. The van der Waals surface area contributed by atoms with Crippen molar-refractivity contribution in [2.75, 3.05) is 0 Å². The minimum absolute atomic E-state index is 0.274. The molecule has 0 atom stereocenters. The highest BCUT2D eigenvalue weighted by atomic mass is 79.9. The molecule has 2 aliphatic rings. The monoisotopic (exact) mass is 406 g/mol. The summed E-state index contributed by atoms with van der Waals surface area (Å²) in [5.41, 5.74) is 1.57. The third-order valence-electron chi connectivity index (χ3n) is 6.83. The molecule has 3 rings (SSSR count). The summed E-state index contributed by atoms with van der Waals surface area (Å²) in [6.07, 6.45) is 13.5. The number of hydrogen-bond donors (Lipinski definition) is 0. The van der Waals surface area contributed by atoms with Crippen LogP contribution < -0.4 is 0 Å². The average Bonchev–Trinajstić information content (AvgIpc) is 2.63. The van der Waals surface area contributed by atoms with E-state index in [0.717, 1.165) is 17.8 Å². The average molecular weight is 408 g/mol. The Balaban J connectivity index is 1.35. The predicted octanol–water partition coefficient (Wildman–Crippen LogP) is 7.55. The summed E-state index contributed by atoms with van der Waals surface area (Å²) in [6, 6.07) is 14.0. The first-order valence-electron chi connectivity index (χ1n) is 10.5. The van der Waals surface area contributed by atoms with E-state index in [0.29, 0.717) is 0 Å². The van der Waals surface area contributed by atoms with Gasteiger partial charge in [0, 0.05) is 13.3 Å². The Hall–Kier alpha value is -0.0831. The maximum absolute atomic E-state index is 3.55. The standard InChI is InChI=1S/C22H35BrSi/c1-2-15-24-16-13-19(14-17-24)4-3-18-5-7-20(8-6-18)21-9-11-22(23)12-10-21/h9-12,18-20,24H,2-8,13-17H2,1H3/t18?,19-,20?,24-. The van der Waals surface area contributed by atoms with E-state index in [1.54, 1.807) is 43.0 Å². The molecule has 1 heterocycles. The molecule has 0 bridgehead atoms. The third kappa shape index (κ3) is 5.46. The van der Waals surface area contributed by atoms with Crippen LogP contribution in [0.25, 0.3) is 0 Å². The van der Waals surface area contributed by atoms with E-state index in [1.807, 2.05) is 0 Å². The van der Waals surface area contributed by atoms with Gasteiger partial charge in [-0.1, -0.05) is 85.2 Å². The van der Waals surface area contributed by atoms with E-state index in [9.17, 15) is 0 Å². The first-order chi connectivity index (χ1) is 11.7. The molecule has 0 spiro atoms. The van der Waals surface area contributed by atoms with E-state index in [2.05, 4.69) is 47.1 Å². The summed E-state index contributed by atoms with van der Waals surface area (Å²) < 4.78 is 1.21. The minimum Gasteiger partial charge on any atom is -0.0657 e. The molecule has 134 valence electrons. The first kappa shape index (κ1) is 18.7. The zero-order chi connectivity index (χ0) is 16.8. The zero-order valence-electron chi connectivity index (χ0n) is 15.5. The second-order valence-corrected chi connectivity index (χ2v) is 12.9. The Bertz CT molecular complexity index is 467. The molecule has 1 saturated heterocycles. The molecule has 2 heteroatoms. The van der Waals surface area contributed by atoms with Crippen LogP contribution in [0.15, 0.2) is 28.7 Å². The molecule has 0 aromatic heterocycles. The lowest BCUT2D eigenvalue weighted by molar-refractivity contribution is 0.280. The van der Waals surface area contributed by atoms with Crippen molar-refractivity contribution in [3.63, 3.8) is 0 Å². The second-order valence-electron chi connectivity index (χ2n) is 8.52. The topological polar surface area (TPSA) is 0 Å². The van der Waals surface area contributed by atoms with Crippen molar-refractivity contribution >= 4 is 24.7 Å². The van der Waals surface area contributed by atoms with Gasteiger partial charge < -0.3 is 0 Å². The van der Waals surface area contributed by atoms with Gasteiger partial charge in [0.25, 0.3) is 0 Å². The lowest BCUT2D eigenvalue weighted by Gasteiger charge is -2.32. The van der Waals surface area contributed by atoms with Gasteiger partial charge in [0.15, 0.2) is 0 Å². The molecule has 1 aliphatic heterocycles. The molecule has 0 nitrogen and oxygen atoms in total. The maximum Gasteiger partial charge on any atom is 0.0367 e. The van der Waals surface area contributed by atoms with Crippen LogP contribution in [0, 0.1) is 11.8 Å². The summed E-state index contributed by atoms with van der Waals surface area (Å²) in [5, 5.41) is 0. The summed E-state index contributed by atoms with van der Waals surface area (Å²) in [7, 11) is -0.274. The van der Waals surface area contributed by atoms with E-state index >= 15 is 0 Å². The normalized spacial score (nSPS) is 31.1. The molecule has 0 unspecified atom stereocenters. The molecule has 1 aromatic rings. The van der Waals surface area contributed by atoms with Crippen LogP contribution in [0.3, 0.4) is 0 Å². The molecule has 24 heavy (non-hydrogen) atoms. The van der Waals surface area contributed by atoms with Gasteiger partial charge in [0.05, 0.1) is 0 Å². The Labute approximate surface area is 159 Å². The van der Waals surface area contributed by atoms with E-state index in [4.69, 9.17) is 0 Å². The van der Waals surface area contributed by atoms with Crippen LogP contribution >= 0.6 is 15.9 Å². The van der Waals surface area contributed by atoms with Gasteiger partial charge in [-0.25, -0.2) is 0 Å². The van der Waals surface area contributed by atoms with Crippen LogP contribution in [0.4, 0.5) is 0 Å². The van der Waals surface area contributed by atoms with Crippen LogP contribution in [0.2, 0.25) is 18.1 Å². The number of rotatable bonds is 6. The van der Waals surface area contributed by atoms with Gasteiger partial charge >= 0.3 is 0 Å². The highest BCUT2D eigenvalue weighted by Gasteiger charge is 2.25. The maximum atomic E-state index is 3.55. The van der Waals surface area contributed by atoms with Crippen LogP contribution in [-0.2, 0) is 0 Å². The van der Waals surface area contributed by atoms with Gasteiger partial charge in [-0.15, -0.1) is 0 Å². The molecule has 0 amide bonds. The van der Waals surface area contributed by atoms with E-state index in [1.165, 1.54) is 43.0 Å². The number of hydrogen-bond acceptors (Lipinski definition) is 0. The van der Waals surface area contributed by atoms with E-state index < -0.39 is 0 Å². The minimum atomic E-state index is -0.274. The van der Waals surface area contributed by atoms with Crippen LogP contribution in [-0.4, -0.2) is 8.80 Å². The molecule has 1 aromatic carbocycles. The van der Waals surface area contributed by atoms with Crippen molar-refractivity contribution in [1.82, 2.24) is 0 Å².